The number of carbonyl (C=O) groups is 2. The van der Waals surface area contributed by atoms with Crippen LogP contribution in [0.4, 0.5) is 0 Å². The van der Waals surface area contributed by atoms with Gasteiger partial charge in [-0.15, -0.1) is 0 Å². The average Bonchev–Trinajstić information content (AvgIpc) is 2.72. The van der Waals surface area contributed by atoms with Crippen molar-refractivity contribution in [2.75, 3.05) is 11.0 Å². The first kappa shape index (κ1) is 31.0. The number of alkyl halides is 1. The van der Waals surface area contributed by atoms with E-state index in [0.29, 0.717) is 12.8 Å². The van der Waals surface area contributed by atoms with Crippen LogP contribution in [-0.4, -0.2) is 22.8 Å². The second kappa shape index (κ2) is 23.2. The van der Waals surface area contributed by atoms with Crippen LogP contribution >= 0.6 is 9.12 Å². The van der Waals surface area contributed by atoms with E-state index in [9.17, 15) is 9.59 Å². The molecule has 0 aliphatic carbocycles. The molecule has 0 rings (SSSR count). The van der Waals surface area contributed by atoms with Crippen molar-refractivity contribution < 1.29 is 29.4 Å². The van der Waals surface area contributed by atoms with Gasteiger partial charge in [-0.3, -0.25) is 4.79 Å². The summed E-state index contributed by atoms with van der Waals surface area (Å²) >= 11 is 0.0246. The maximum absolute atomic E-state index is 11.9. The third-order valence-corrected chi connectivity index (χ3v) is 10.2. The number of hydrogen-bond donors (Lipinski definition) is 2. The molecule has 2 amide bonds. The second-order valence-electron chi connectivity index (χ2n) is 9.28. The van der Waals surface area contributed by atoms with Crippen LogP contribution in [-0.2, 0) is 9.59 Å². The molecule has 186 valence electrons. The molecule has 2 N–H and O–H groups in total. The zero-order chi connectivity index (χ0) is 23.2. The van der Waals surface area contributed by atoms with Crippen molar-refractivity contribution >= 4 is 20.9 Å². The Balaban J connectivity index is 3.34. The van der Waals surface area contributed by atoms with Gasteiger partial charge in [-0.2, -0.15) is 0 Å². The minimum atomic E-state index is 0.0246. The second-order valence-corrected chi connectivity index (χ2v) is 13.9. The molecule has 0 aromatic rings. The first-order valence-electron chi connectivity index (χ1n) is 12.8. The quantitative estimate of drug-likeness (QED) is 0.0896. The maximum atomic E-state index is 11.9. The molecule has 4 nitrogen and oxygen atoms in total. The Morgan fingerprint density at radius 1 is 0.742 bits per heavy atom. The van der Waals surface area contributed by atoms with E-state index in [1.54, 1.807) is 9.12 Å². The number of amides is 2. The van der Waals surface area contributed by atoms with Gasteiger partial charge in [0.25, 0.3) is 0 Å². The van der Waals surface area contributed by atoms with Crippen molar-refractivity contribution in [2.24, 2.45) is 11.8 Å². The van der Waals surface area contributed by atoms with Gasteiger partial charge in [0.05, 0.1) is 0 Å². The molecule has 0 fully saturated rings. The first-order chi connectivity index (χ1) is 15.0. The molecule has 0 heterocycles. The fourth-order valence-electron chi connectivity index (χ4n) is 3.48. The van der Waals surface area contributed by atoms with Crippen LogP contribution in [0.15, 0.2) is 0 Å². The van der Waals surface area contributed by atoms with Gasteiger partial charge < -0.3 is 5.32 Å². The van der Waals surface area contributed by atoms with Crippen LogP contribution in [0.25, 0.3) is 0 Å². The molecule has 0 saturated heterocycles. The summed E-state index contributed by atoms with van der Waals surface area (Å²) in [6, 6.07) is 0. The van der Waals surface area contributed by atoms with Crippen molar-refractivity contribution in [3.05, 3.63) is 0 Å². The van der Waals surface area contributed by atoms with Crippen molar-refractivity contribution in [1.29, 1.82) is 0 Å². The summed E-state index contributed by atoms with van der Waals surface area (Å²) in [5, 5.41) is 2.86. The Kier molecular flexibility index (Phi) is 23.2. The Hall–Kier alpha value is 0.0200. The van der Waals surface area contributed by atoms with E-state index in [1.807, 2.05) is 6.92 Å². The Bertz CT molecular complexity index is 436. The standard InChI is InChI=1S/C25H50IN2O2S/c1-5-27-24(29)19-15-10-8-6-7-9-14-18-23(4)21-26-31-28-25(30)20-16-12-11-13-17-22(2)3/h22-23H,5-21H2,1-4H3,(H,27,29)(H,28,30)/q-1. The Labute approximate surface area is 206 Å². The molecule has 0 spiro atoms. The van der Waals surface area contributed by atoms with Crippen LogP contribution in [0.3, 0.4) is 0 Å². The number of unbranched alkanes of at least 4 members (excludes halogenated alkanes) is 9. The summed E-state index contributed by atoms with van der Waals surface area (Å²) in [6.07, 6.45) is 17.6. The van der Waals surface area contributed by atoms with E-state index < -0.39 is 0 Å². The zero-order valence-corrected chi connectivity index (χ0v) is 23.8. The summed E-state index contributed by atoms with van der Waals surface area (Å²) in [5.74, 6) is 2.01. The molecular weight excluding hydrogens is 519 g/mol. The predicted molar refractivity (Wildman–Crippen MR) is 133 cm³/mol. The number of halogens is 1. The molecule has 1 atom stereocenters. The third-order valence-electron chi connectivity index (χ3n) is 5.44. The van der Waals surface area contributed by atoms with E-state index in [-0.39, 0.29) is 31.6 Å². The number of nitrogens with one attached hydrogen (secondary N) is 2. The molecule has 0 radical (unpaired) electrons. The molecule has 6 heteroatoms. The monoisotopic (exact) mass is 569 g/mol. The molecule has 0 aliphatic heterocycles. The third kappa shape index (κ3) is 24.5. The van der Waals surface area contributed by atoms with Crippen LogP contribution in [0.2, 0.25) is 0 Å². The van der Waals surface area contributed by atoms with Crippen molar-refractivity contribution in [3.8, 4) is 0 Å². The summed E-state index contributed by atoms with van der Waals surface area (Å²) in [5.41, 5.74) is 0. The molecule has 1 unspecified atom stereocenters. The van der Waals surface area contributed by atoms with E-state index in [0.717, 1.165) is 31.2 Å². The van der Waals surface area contributed by atoms with Gasteiger partial charge >= 0.3 is 184 Å². The Morgan fingerprint density at radius 2 is 1.26 bits per heavy atom. The number of hydrogen-bond acceptors (Lipinski definition) is 3. The van der Waals surface area contributed by atoms with Gasteiger partial charge in [0.1, 0.15) is 0 Å². The first-order valence-corrected chi connectivity index (χ1v) is 17.6. The Morgan fingerprint density at radius 3 is 1.84 bits per heavy atom. The van der Waals surface area contributed by atoms with Crippen LogP contribution in [0.5, 0.6) is 0 Å². The number of carbonyl (C=O) groups excluding carboxylic acids is 2. The van der Waals surface area contributed by atoms with E-state index in [1.165, 1.54) is 75.1 Å². The van der Waals surface area contributed by atoms with Gasteiger partial charge in [0.15, 0.2) is 0 Å². The molecular formula is C25H50IN2O2S-. The number of rotatable bonds is 22. The topological polar surface area (TPSA) is 58.2 Å². The van der Waals surface area contributed by atoms with Gasteiger partial charge in [0.2, 0.25) is 0 Å². The molecule has 0 aromatic heterocycles. The minimum absolute atomic E-state index is 0.0246. The van der Waals surface area contributed by atoms with Crippen LogP contribution < -0.4 is 29.9 Å². The van der Waals surface area contributed by atoms with Crippen LogP contribution in [0, 0.1) is 11.8 Å². The van der Waals surface area contributed by atoms with Crippen molar-refractivity contribution in [2.45, 2.75) is 124 Å². The van der Waals surface area contributed by atoms with Gasteiger partial charge in [-0.05, 0) is 6.92 Å². The van der Waals surface area contributed by atoms with Gasteiger partial charge in [-0.25, -0.2) is 0 Å². The van der Waals surface area contributed by atoms with E-state index >= 15 is 0 Å². The SMILES string of the molecule is CCNC(=O)CCCCCCCCCC(C)C[I-]SNC(=O)CCCCCCC(C)C. The van der Waals surface area contributed by atoms with Gasteiger partial charge in [-0.1, -0.05) is 0 Å². The van der Waals surface area contributed by atoms with E-state index in [4.69, 9.17) is 0 Å². The summed E-state index contributed by atoms with van der Waals surface area (Å²) in [6.45, 7) is 9.62. The molecule has 0 aromatic carbocycles. The fourth-order valence-corrected chi connectivity index (χ4v) is 8.02. The van der Waals surface area contributed by atoms with Crippen molar-refractivity contribution in [3.63, 3.8) is 0 Å². The summed E-state index contributed by atoms with van der Waals surface area (Å²) < 4.78 is 4.35. The van der Waals surface area contributed by atoms with Gasteiger partial charge in [0, 0.05) is 6.54 Å². The molecule has 0 bridgehead atoms. The molecule has 0 saturated carbocycles. The fraction of sp³-hybridized carbons (Fsp3) is 0.920. The summed E-state index contributed by atoms with van der Waals surface area (Å²) in [7, 11) is 1.70. The van der Waals surface area contributed by atoms with Crippen molar-refractivity contribution in [1.82, 2.24) is 10.0 Å². The average molecular weight is 570 g/mol. The normalized spacial score (nSPS) is 12.3. The van der Waals surface area contributed by atoms with E-state index in [2.05, 4.69) is 30.8 Å². The summed E-state index contributed by atoms with van der Waals surface area (Å²) in [4.78, 5) is 23.3. The predicted octanol–water partition coefficient (Wildman–Crippen LogP) is 4.03. The van der Waals surface area contributed by atoms with Crippen LogP contribution in [0.1, 0.15) is 124 Å². The molecule has 31 heavy (non-hydrogen) atoms. The zero-order valence-electron chi connectivity index (χ0n) is 20.8. The molecule has 0 aliphatic rings.